The quantitative estimate of drug-likeness (QED) is 0.766. The molecular weight excluding hydrogens is 272 g/mol. The lowest BCUT2D eigenvalue weighted by Gasteiger charge is -2.21. The van der Waals surface area contributed by atoms with Crippen LogP contribution in [-0.2, 0) is 6.54 Å². The van der Waals surface area contributed by atoms with Gasteiger partial charge in [-0.2, -0.15) is 0 Å². The van der Waals surface area contributed by atoms with E-state index in [4.69, 9.17) is 16.3 Å². The SMILES string of the molecule is CCCNCc1nc(OCC2CCCCC2)ccc1Cl. The van der Waals surface area contributed by atoms with Crippen molar-refractivity contribution in [1.82, 2.24) is 10.3 Å². The molecule has 0 radical (unpaired) electrons. The zero-order chi connectivity index (χ0) is 14.2. The summed E-state index contributed by atoms with van der Waals surface area (Å²) in [6.45, 7) is 4.61. The minimum Gasteiger partial charge on any atom is -0.477 e. The molecule has 1 N–H and O–H groups in total. The standard InChI is InChI=1S/C16H25ClN2O/c1-2-10-18-11-15-14(17)8-9-16(19-15)20-12-13-6-4-3-5-7-13/h8-9,13,18H,2-7,10-12H2,1H3. The van der Waals surface area contributed by atoms with Gasteiger partial charge in [-0.25, -0.2) is 4.98 Å². The van der Waals surface area contributed by atoms with E-state index in [-0.39, 0.29) is 0 Å². The minimum absolute atomic E-state index is 0.697. The summed E-state index contributed by atoms with van der Waals surface area (Å²) in [6, 6.07) is 3.75. The second-order valence-corrected chi connectivity index (χ2v) is 5.98. The van der Waals surface area contributed by atoms with Crippen LogP contribution in [0.2, 0.25) is 5.02 Å². The molecule has 112 valence electrons. The van der Waals surface area contributed by atoms with Gasteiger partial charge in [0, 0.05) is 12.6 Å². The first kappa shape index (κ1) is 15.6. The highest BCUT2D eigenvalue weighted by Gasteiger charge is 2.14. The van der Waals surface area contributed by atoms with Crippen molar-refractivity contribution in [1.29, 1.82) is 0 Å². The van der Waals surface area contributed by atoms with Crippen LogP contribution in [0.15, 0.2) is 12.1 Å². The average molecular weight is 297 g/mol. The Bertz CT molecular complexity index is 405. The molecule has 0 aliphatic heterocycles. The van der Waals surface area contributed by atoms with Gasteiger partial charge in [-0.15, -0.1) is 0 Å². The maximum absolute atomic E-state index is 6.17. The monoisotopic (exact) mass is 296 g/mol. The fourth-order valence-corrected chi connectivity index (χ4v) is 2.78. The number of aromatic nitrogens is 1. The van der Waals surface area contributed by atoms with Crippen molar-refractivity contribution in [2.45, 2.75) is 52.0 Å². The predicted octanol–water partition coefficient (Wildman–Crippen LogP) is 4.19. The lowest BCUT2D eigenvalue weighted by molar-refractivity contribution is 0.202. The van der Waals surface area contributed by atoms with Crippen molar-refractivity contribution in [3.05, 3.63) is 22.8 Å². The zero-order valence-electron chi connectivity index (χ0n) is 12.3. The van der Waals surface area contributed by atoms with Crippen LogP contribution in [0, 0.1) is 5.92 Å². The molecule has 0 unspecified atom stereocenters. The van der Waals surface area contributed by atoms with E-state index < -0.39 is 0 Å². The predicted molar refractivity (Wildman–Crippen MR) is 83.3 cm³/mol. The molecule has 0 aromatic carbocycles. The summed E-state index contributed by atoms with van der Waals surface area (Å²) >= 11 is 6.17. The molecule has 4 heteroatoms. The third-order valence-corrected chi connectivity index (χ3v) is 4.15. The van der Waals surface area contributed by atoms with Gasteiger partial charge >= 0.3 is 0 Å². The van der Waals surface area contributed by atoms with E-state index in [0.717, 1.165) is 25.3 Å². The normalized spacial score (nSPS) is 16.3. The first-order valence-corrected chi connectivity index (χ1v) is 8.16. The van der Waals surface area contributed by atoms with Gasteiger partial charge < -0.3 is 10.1 Å². The molecule has 20 heavy (non-hydrogen) atoms. The Morgan fingerprint density at radius 1 is 1.30 bits per heavy atom. The molecule has 1 aliphatic carbocycles. The van der Waals surface area contributed by atoms with Crippen LogP contribution in [0.5, 0.6) is 5.88 Å². The summed E-state index contributed by atoms with van der Waals surface area (Å²) < 4.78 is 5.85. The number of nitrogens with zero attached hydrogens (tertiary/aromatic N) is 1. The van der Waals surface area contributed by atoms with Crippen LogP contribution in [0.3, 0.4) is 0 Å². The molecular formula is C16H25ClN2O. The Hall–Kier alpha value is -0.800. The summed E-state index contributed by atoms with van der Waals surface area (Å²) in [4.78, 5) is 4.51. The lowest BCUT2D eigenvalue weighted by atomic mass is 9.90. The smallest absolute Gasteiger partial charge is 0.213 e. The molecule has 0 amide bonds. The van der Waals surface area contributed by atoms with E-state index in [2.05, 4.69) is 17.2 Å². The Morgan fingerprint density at radius 3 is 2.85 bits per heavy atom. The van der Waals surface area contributed by atoms with Crippen molar-refractivity contribution >= 4 is 11.6 Å². The Morgan fingerprint density at radius 2 is 2.10 bits per heavy atom. The van der Waals surface area contributed by atoms with E-state index in [9.17, 15) is 0 Å². The summed E-state index contributed by atoms with van der Waals surface area (Å²) in [5.41, 5.74) is 0.876. The molecule has 1 saturated carbocycles. The van der Waals surface area contributed by atoms with Gasteiger partial charge in [0.25, 0.3) is 0 Å². The van der Waals surface area contributed by atoms with E-state index in [0.29, 0.717) is 23.4 Å². The molecule has 0 atom stereocenters. The first-order chi connectivity index (χ1) is 9.79. The first-order valence-electron chi connectivity index (χ1n) is 7.78. The summed E-state index contributed by atoms with van der Waals surface area (Å²) in [5, 5.41) is 4.03. The molecule has 1 aromatic rings. The van der Waals surface area contributed by atoms with Crippen molar-refractivity contribution < 1.29 is 4.74 Å². The molecule has 2 rings (SSSR count). The number of halogens is 1. The highest BCUT2D eigenvalue weighted by molar-refractivity contribution is 6.31. The number of hydrogen-bond acceptors (Lipinski definition) is 3. The van der Waals surface area contributed by atoms with Gasteiger partial charge in [-0.1, -0.05) is 37.8 Å². The number of rotatable bonds is 7. The molecule has 1 heterocycles. The highest BCUT2D eigenvalue weighted by Crippen LogP contribution is 2.25. The summed E-state index contributed by atoms with van der Waals surface area (Å²) in [7, 11) is 0. The molecule has 1 aliphatic rings. The largest absolute Gasteiger partial charge is 0.477 e. The molecule has 1 aromatic heterocycles. The van der Waals surface area contributed by atoms with E-state index in [1.807, 2.05) is 12.1 Å². The lowest BCUT2D eigenvalue weighted by Crippen LogP contribution is -2.17. The van der Waals surface area contributed by atoms with Crippen molar-refractivity contribution in [2.24, 2.45) is 5.92 Å². The second-order valence-electron chi connectivity index (χ2n) is 5.57. The maximum atomic E-state index is 6.17. The van der Waals surface area contributed by atoms with Crippen LogP contribution < -0.4 is 10.1 Å². The van der Waals surface area contributed by atoms with Crippen LogP contribution in [0.25, 0.3) is 0 Å². The van der Waals surface area contributed by atoms with E-state index >= 15 is 0 Å². The third kappa shape index (κ3) is 4.95. The van der Waals surface area contributed by atoms with Crippen LogP contribution in [0.1, 0.15) is 51.1 Å². The fourth-order valence-electron chi connectivity index (χ4n) is 2.61. The second kappa shape index (κ2) is 8.48. The molecule has 0 bridgehead atoms. The topological polar surface area (TPSA) is 34.2 Å². The van der Waals surface area contributed by atoms with Crippen LogP contribution in [-0.4, -0.2) is 18.1 Å². The van der Waals surface area contributed by atoms with Crippen molar-refractivity contribution in [3.8, 4) is 5.88 Å². The van der Waals surface area contributed by atoms with Crippen molar-refractivity contribution in [3.63, 3.8) is 0 Å². The number of hydrogen-bond donors (Lipinski definition) is 1. The van der Waals surface area contributed by atoms with Gasteiger partial charge in [0.1, 0.15) is 0 Å². The zero-order valence-corrected chi connectivity index (χ0v) is 13.1. The van der Waals surface area contributed by atoms with Gasteiger partial charge in [-0.05, 0) is 37.8 Å². The number of nitrogens with one attached hydrogen (secondary N) is 1. The van der Waals surface area contributed by atoms with Gasteiger partial charge in [0.2, 0.25) is 5.88 Å². The Labute approximate surface area is 127 Å². The van der Waals surface area contributed by atoms with Crippen LogP contribution >= 0.6 is 11.6 Å². The summed E-state index contributed by atoms with van der Waals surface area (Å²) in [5.74, 6) is 1.40. The summed E-state index contributed by atoms with van der Waals surface area (Å²) in [6.07, 6.45) is 7.75. The molecule has 3 nitrogen and oxygen atoms in total. The number of ether oxygens (including phenoxy) is 1. The molecule has 0 saturated heterocycles. The van der Waals surface area contributed by atoms with Gasteiger partial charge in [-0.3, -0.25) is 0 Å². The van der Waals surface area contributed by atoms with E-state index in [1.54, 1.807) is 0 Å². The van der Waals surface area contributed by atoms with Gasteiger partial charge in [0.05, 0.1) is 17.3 Å². The average Bonchev–Trinajstić information content (AvgIpc) is 2.49. The Balaban J connectivity index is 1.85. The fraction of sp³-hybridized carbons (Fsp3) is 0.688. The van der Waals surface area contributed by atoms with E-state index in [1.165, 1.54) is 32.1 Å². The minimum atomic E-state index is 0.697. The number of pyridine rings is 1. The van der Waals surface area contributed by atoms with Crippen LogP contribution in [0.4, 0.5) is 0 Å². The van der Waals surface area contributed by atoms with Crippen molar-refractivity contribution in [2.75, 3.05) is 13.2 Å². The highest BCUT2D eigenvalue weighted by atomic mass is 35.5. The Kier molecular flexibility index (Phi) is 6.61. The third-order valence-electron chi connectivity index (χ3n) is 3.80. The molecule has 1 fully saturated rings. The maximum Gasteiger partial charge on any atom is 0.213 e. The van der Waals surface area contributed by atoms with Gasteiger partial charge in [0.15, 0.2) is 0 Å². The molecule has 0 spiro atoms.